The van der Waals surface area contributed by atoms with E-state index >= 15 is 0 Å². The Morgan fingerprint density at radius 1 is 1.27 bits per heavy atom. The molecule has 2 aromatic rings. The van der Waals surface area contributed by atoms with Gasteiger partial charge in [-0.1, -0.05) is 0 Å². The molecule has 9 heteroatoms. The first-order chi connectivity index (χ1) is 12.3. The SMILES string of the molecule is Cc1ccoc1C(=O)N1CCC2CN(c3ncc(C(F)(F)F)cn3)C2C1. The summed E-state index contributed by atoms with van der Waals surface area (Å²) in [4.78, 5) is 23.9. The van der Waals surface area contributed by atoms with E-state index in [1.54, 1.807) is 11.0 Å². The van der Waals surface area contributed by atoms with Crippen molar-refractivity contribution in [2.75, 3.05) is 24.5 Å². The van der Waals surface area contributed by atoms with Crippen LogP contribution in [0.25, 0.3) is 0 Å². The number of rotatable bonds is 2. The Labute approximate surface area is 147 Å². The maximum Gasteiger partial charge on any atom is 0.419 e. The Kier molecular flexibility index (Phi) is 3.89. The number of nitrogens with zero attached hydrogens (tertiary/aromatic N) is 4. The largest absolute Gasteiger partial charge is 0.459 e. The Bertz CT molecular complexity index is 818. The van der Waals surface area contributed by atoms with E-state index in [2.05, 4.69) is 9.97 Å². The molecule has 138 valence electrons. The molecule has 2 fully saturated rings. The average molecular weight is 366 g/mol. The van der Waals surface area contributed by atoms with Crippen molar-refractivity contribution in [3.05, 3.63) is 41.6 Å². The summed E-state index contributed by atoms with van der Waals surface area (Å²) in [5.74, 6) is 0.830. The number of aryl methyl sites for hydroxylation is 1. The van der Waals surface area contributed by atoms with Gasteiger partial charge in [0.25, 0.3) is 5.91 Å². The summed E-state index contributed by atoms with van der Waals surface area (Å²) in [6, 6.07) is 1.76. The van der Waals surface area contributed by atoms with Gasteiger partial charge < -0.3 is 14.2 Å². The first-order valence-corrected chi connectivity index (χ1v) is 8.34. The number of anilines is 1. The minimum absolute atomic E-state index is 0.0136. The number of likely N-dealkylation sites (tertiary alicyclic amines) is 1. The fourth-order valence-corrected chi connectivity index (χ4v) is 3.56. The van der Waals surface area contributed by atoms with Crippen molar-refractivity contribution < 1.29 is 22.4 Å². The predicted molar refractivity (Wildman–Crippen MR) is 85.6 cm³/mol. The van der Waals surface area contributed by atoms with Gasteiger partial charge in [-0.3, -0.25) is 4.79 Å². The number of hydrogen-bond acceptors (Lipinski definition) is 5. The smallest absolute Gasteiger partial charge is 0.419 e. The second kappa shape index (κ2) is 6.00. The molecule has 0 radical (unpaired) electrons. The van der Waals surface area contributed by atoms with Gasteiger partial charge in [0.05, 0.1) is 17.9 Å². The molecule has 0 aromatic carbocycles. The molecule has 2 atom stereocenters. The molecule has 0 N–H and O–H groups in total. The van der Waals surface area contributed by atoms with Crippen molar-refractivity contribution in [2.45, 2.75) is 25.6 Å². The fraction of sp³-hybridized carbons (Fsp3) is 0.471. The lowest BCUT2D eigenvalue weighted by Crippen LogP contribution is -2.65. The van der Waals surface area contributed by atoms with Crippen molar-refractivity contribution >= 4 is 11.9 Å². The maximum atomic E-state index is 12.6. The van der Waals surface area contributed by atoms with E-state index in [1.165, 1.54) is 6.26 Å². The molecule has 2 aliphatic rings. The van der Waals surface area contributed by atoms with Crippen LogP contribution in [0.3, 0.4) is 0 Å². The van der Waals surface area contributed by atoms with Gasteiger partial charge in [-0.25, -0.2) is 9.97 Å². The number of carbonyl (C=O) groups is 1. The highest BCUT2D eigenvalue weighted by atomic mass is 19.4. The molecule has 4 rings (SSSR count). The minimum Gasteiger partial charge on any atom is -0.459 e. The van der Waals surface area contributed by atoms with Crippen LogP contribution >= 0.6 is 0 Å². The van der Waals surface area contributed by atoms with Gasteiger partial charge in [-0.15, -0.1) is 0 Å². The molecule has 2 aromatic heterocycles. The third kappa shape index (κ3) is 2.81. The van der Waals surface area contributed by atoms with Crippen molar-refractivity contribution in [1.82, 2.24) is 14.9 Å². The molecule has 0 spiro atoms. The Morgan fingerprint density at radius 3 is 2.62 bits per heavy atom. The zero-order chi connectivity index (χ0) is 18.5. The average Bonchev–Trinajstić information content (AvgIpc) is 3.01. The number of halogens is 3. The van der Waals surface area contributed by atoms with E-state index in [4.69, 9.17) is 4.42 Å². The predicted octanol–water partition coefficient (Wildman–Crippen LogP) is 2.75. The Morgan fingerprint density at radius 2 is 2.00 bits per heavy atom. The second-order valence-corrected chi connectivity index (χ2v) is 6.72. The zero-order valence-corrected chi connectivity index (χ0v) is 14.0. The lowest BCUT2D eigenvalue weighted by molar-refractivity contribution is -0.138. The normalized spacial score (nSPS) is 22.8. The topological polar surface area (TPSA) is 62.5 Å². The summed E-state index contributed by atoms with van der Waals surface area (Å²) < 4.78 is 43.2. The molecule has 6 nitrogen and oxygen atoms in total. The Balaban J connectivity index is 1.47. The quantitative estimate of drug-likeness (QED) is 0.818. The number of aromatic nitrogens is 2. The number of amides is 1. The molecule has 2 saturated heterocycles. The molecular weight excluding hydrogens is 349 g/mol. The molecular formula is C17H17F3N4O2. The molecule has 2 unspecified atom stereocenters. The summed E-state index contributed by atoms with van der Waals surface area (Å²) in [7, 11) is 0. The number of alkyl halides is 3. The number of furan rings is 1. The van der Waals surface area contributed by atoms with Gasteiger partial charge in [0, 0.05) is 43.5 Å². The highest BCUT2D eigenvalue weighted by Crippen LogP contribution is 2.36. The van der Waals surface area contributed by atoms with E-state index in [0.717, 1.165) is 24.4 Å². The third-order valence-electron chi connectivity index (χ3n) is 5.12. The van der Waals surface area contributed by atoms with Gasteiger partial charge in [0.15, 0.2) is 5.76 Å². The van der Waals surface area contributed by atoms with E-state index < -0.39 is 11.7 Å². The van der Waals surface area contributed by atoms with Crippen LogP contribution in [0.15, 0.2) is 29.1 Å². The molecule has 0 aliphatic carbocycles. The molecule has 2 aliphatic heterocycles. The summed E-state index contributed by atoms with van der Waals surface area (Å²) >= 11 is 0. The number of piperidine rings is 1. The van der Waals surface area contributed by atoms with Crippen LogP contribution in [0, 0.1) is 12.8 Å². The minimum atomic E-state index is -4.45. The summed E-state index contributed by atoms with van der Waals surface area (Å²) in [5.41, 5.74) is -0.0827. The van der Waals surface area contributed by atoms with Crippen LogP contribution < -0.4 is 4.90 Å². The van der Waals surface area contributed by atoms with E-state index in [0.29, 0.717) is 31.3 Å². The van der Waals surface area contributed by atoms with E-state index in [1.807, 2.05) is 11.8 Å². The zero-order valence-electron chi connectivity index (χ0n) is 14.0. The summed E-state index contributed by atoms with van der Waals surface area (Å²) in [6.45, 7) is 3.63. The van der Waals surface area contributed by atoms with Crippen molar-refractivity contribution in [3.63, 3.8) is 0 Å². The van der Waals surface area contributed by atoms with Gasteiger partial charge in [0.2, 0.25) is 5.95 Å². The van der Waals surface area contributed by atoms with Crippen LogP contribution in [0.2, 0.25) is 0 Å². The summed E-state index contributed by atoms with van der Waals surface area (Å²) in [5, 5.41) is 0. The van der Waals surface area contributed by atoms with Gasteiger partial charge in [-0.05, 0) is 19.4 Å². The molecule has 4 heterocycles. The van der Waals surface area contributed by atoms with Crippen molar-refractivity contribution in [1.29, 1.82) is 0 Å². The van der Waals surface area contributed by atoms with Crippen LogP contribution in [0.1, 0.15) is 28.1 Å². The molecule has 0 bridgehead atoms. The first kappa shape index (κ1) is 16.9. The maximum absolute atomic E-state index is 12.6. The highest BCUT2D eigenvalue weighted by Gasteiger charge is 2.45. The second-order valence-electron chi connectivity index (χ2n) is 6.72. The third-order valence-corrected chi connectivity index (χ3v) is 5.12. The van der Waals surface area contributed by atoms with Crippen molar-refractivity contribution in [2.24, 2.45) is 5.92 Å². The monoisotopic (exact) mass is 366 g/mol. The van der Waals surface area contributed by atoms with E-state index in [9.17, 15) is 18.0 Å². The lowest BCUT2D eigenvalue weighted by Gasteiger charge is -2.53. The molecule has 26 heavy (non-hydrogen) atoms. The van der Waals surface area contributed by atoms with Crippen LogP contribution in [-0.4, -0.2) is 46.5 Å². The summed E-state index contributed by atoms with van der Waals surface area (Å²) in [6.07, 6.45) is -0.527. The van der Waals surface area contributed by atoms with Gasteiger partial charge in [0.1, 0.15) is 0 Å². The highest BCUT2D eigenvalue weighted by molar-refractivity contribution is 5.93. The molecule has 1 amide bonds. The number of carbonyl (C=O) groups excluding carboxylic acids is 1. The van der Waals surface area contributed by atoms with Crippen LogP contribution in [0.4, 0.5) is 19.1 Å². The van der Waals surface area contributed by atoms with Gasteiger partial charge >= 0.3 is 6.18 Å². The van der Waals surface area contributed by atoms with Gasteiger partial charge in [-0.2, -0.15) is 13.2 Å². The lowest BCUT2D eigenvalue weighted by atomic mass is 9.82. The molecule has 0 saturated carbocycles. The van der Waals surface area contributed by atoms with E-state index in [-0.39, 0.29) is 17.9 Å². The first-order valence-electron chi connectivity index (χ1n) is 8.34. The van der Waals surface area contributed by atoms with Crippen LogP contribution in [0.5, 0.6) is 0 Å². The van der Waals surface area contributed by atoms with Crippen molar-refractivity contribution in [3.8, 4) is 0 Å². The Hall–Kier alpha value is -2.58. The fourth-order valence-electron chi connectivity index (χ4n) is 3.56. The number of hydrogen-bond donors (Lipinski definition) is 0. The number of fused-ring (bicyclic) bond motifs is 1. The van der Waals surface area contributed by atoms with Crippen LogP contribution in [-0.2, 0) is 6.18 Å². The standard InChI is InChI=1S/C17H17F3N4O2/c1-10-3-5-26-14(10)15(25)23-4-2-11-8-24(13(11)9-23)16-21-6-12(7-22-16)17(18,19)20/h3,5-7,11,13H,2,4,8-9H2,1H3.